The number of rotatable bonds is 3. The number of halogens is 1. The molecule has 1 aromatic carbocycles. The van der Waals surface area contributed by atoms with Gasteiger partial charge >= 0.3 is 6.09 Å². The van der Waals surface area contributed by atoms with Gasteiger partial charge in [0.15, 0.2) is 0 Å². The first-order valence-electron chi connectivity index (χ1n) is 6.37. The van der Waals surface area contributed by atoms with E-state index in [0.717, 1.165) is 31.2 Å². The van der Waals surface area contributed by atoms with Crippen molar-refractivity contribution in [3.05, 3.63) is 34.9 Å². The molecule has 0 aromatic heterocycles. The van der Waals surface area contributed by atoms with Gasteiger partial charge in [0.05, 0.1) is 12.1 Å². The molecule has 1 aliphatic rings. The summed E-state index contributed by atoms with van der Waals surface area (Å²) in [5, 5.41) is 3.72. The predicted octanol–water partition coefficient (Wildman–Crippen LogP) is 3.86. The van der Waals surface area contributed by atoms with Crippen LogP contribution in [0.3, 0.4) is 0 Å². The molecule has 1 N–H and O–H groups in total. The van der Waals surface area contributed by atoms with Gasteiger partial charge in [-0.3, -0.25) is 0 Å². The molecule has 0 bridgehead atoms. The minimum absolute atomic E-state index is 0.308. The van der Waals surface area contributed by atoms with Crippen molar-refractivity contribution in [3.8, 4) is 0 Å². The van der Waals surface area contributed by atoms with Gasteiger partial charge in [0.25, 0.3) is 0 Å². The largest absolute Gasteiger partial charge is 0.450 e. The van der Waals surface area contributed by atoms with E-state index in [1.807, 2.05) is 24.3 Å². The number of hydrogen-bond donors (Lipinski definition) is 1. The van der Waals surface area contributed by atoms with Gasteiger partial charge in [-0.15, -0.1) is 0 Å². The lowest BCUT2D eigenvalue weighted by Crippen LogP contribution is -2.44. The highest BCUT2D eigenvalue weighted by molar-refractivity contribution is 6.30. The highest BCUT2D eigenvalue weighted by atomic mass is 35.5. The summed E-state index contributed by atoms with van der Waals surface area (Å²) in [5.74, 6) is 0. The van der Waals surface area contributed by atoms with Crippen molar-refractivity contribution < 1.29 is 9.53 Å². The molecule has 1 amide bonds. The van der Waals surface area contributed by atoms with Crippen molar-refractivity contribution in [2.24, 2.45) is 0 Å². The van der Waals surface area contributed by atoms with Crippen LogP contribution in [0.15, 0.2) is 24.3 Å². The van der Waals surface area contributed by atoms with Crippen LogP contribution in [0.1, 0.15) is 38.2 Å². The maximum absolute atomic E-state index is 11.7. The van der Waals surface area contributed by atoms with Gasteiger partial charge in [0, 0.05) is 5.02 Å². The highest BCUT2D eigenvalue weighted by Crippen LogP contribution is 2.39. The van der Waals surface area contributed by atoms with Gasteiger partial charge < -0.3 is 10.1 Å². The van der Waals surface area contributed by atoms with Crippen LogP contribution < -0.4 is 5.32 Å². The average molecular weight is 268 g/mol. The monoisotopic (exact) mass is 267 g/mol. The van der Waals surface area contributed by atoms with E-state index >= 15 is 0 Å². The Balaban J connectivity index is 2.24. The van der Waals surface area contributed by atoms with Crippen LogP contribution in [0.25, 0.3) is 0 Å². The van der Waals surface area contributed by atoms with Crippen molar-refractivity contribution in [3.63, 3.8) is 0 Å². The first-order chi connectivity index (χ1) is 8.66. The molecule has 0 spiro atoms. The Morgan fingerprint density at radius 2 is 2.17 bits per heavy atom. The molecule has 0 unspecified atom stereocenters. The molecule has 1 fully saturated rings. The molecule has 2 rings (SSSR count). The fourth-order valence-electron chi connectivity index (χ4n) is 2.61. The second kappa shape index (κ2) is 5.61. The second-order valence-corrected chi connectivity index (χ2v) is 5.08. The topological polar surface area (TPSA) is 38.3 Å². The van der Waals surface area contributed by atoms with Crippen LogP contribution in [0.5, 0.6) is 0 Å². The Hall–Kier alpha value is -1.22. The van der Waals surface area contributed by atoms with Crippen LogP contribution >= 0.6 is 11.6 Å². The predicted molar refractivity (Wildman–Crippen MR) is 71.8 cm³/mol. The Labute approximate surface area is 112 Å². The molecule has 98 valence electrons. The summed E-state index contributed by atoms with van der Waals surface area (Å²) < 4.78 is 5.00. The van der Waals surface area contributed by atoms with Crippen LogP contribution in [-0.2, 0) is 10.3 Å². The smallest absolute Gasteiger partial charge is 0.407 e. The normalized spacial score (nSPS) is 17.4. The highest BCUT2D eigenvalue weighted by Gasteiger charge is 2.37. The lowest BCUT2D eigenvalue weighted by atomic mass is 9.88. The number of alkyl carbamates (subject to hydrolysis) is 1. The van der Waals surface area contributed by atoms with Gasteiger partial charge in [0.2, 0.25) is 0 Å². The summed E-state index contributed by atoms with van der Waals surface area (Å²) in [6.45, 7) is 2.19. The minimum atomic E-state index is -0.348. The Morgan fingerprint density at radius 3 is 2.78 bits per heavy atom. The van der Waals surface area contributed by atoms with Gasteiger partial charge in [-0.25, -0.2) is 4.79 Å². The van der Waals surface area contributed by atoms with Crippen LogP contribution in [0.2, 0.25) is 5.02 Å². The molecule has 0 heterocycles. The summed E-state index contributed by atoms with van der Waals surface area (Å²) in [5.41, 5.74) is 0.762. The van der Waals surface area contributed by atoms with Crippen molar-refractivity contribution in [2.45, 2.75) is 38.1 Å². The molecule has 4 heteroatoms. The number of amides is 1. The molecule has 1 aliphatic carbocycles. The molecule has 1 saturated carbocycles. The van der Waals surface area contributed by atoms with Crippen molar-refractivity contribution in [2.75, 3.05) is 6.61 Å². The van der Waals surface area contributed by atoms with Crippen molar-refractivity contribution in [1.82, 2.24) is 5.32 Å². The fraction of sp³-hybridized carbons (Fsp3) is 0.500. The second-order valence-electron chi connectivity index (χ2n) is 4.65. The van der Waals surface area contributed by atoms with Gasteiger partial charge in [0.1, 0.15) is 0 Å². The van der Waals surface area contributed by atoms with E-state index in [1.165, 1.54) is 0 Å². The third-order valence-corrected chi connectivity index (χ3v) is 3.69. The quantitative estimate of drug-likeness (QED) is 0.903. The molecule has 18 heavy (non-hydrogen) atoms. The third kappa shape index (κ3) is 2.78. The zero-order valence-electron chi connectivity index (χ0n) is 10.5. The van der Waals surface area contributed by atoms with E-state index in [0.29, 0.717) is 11.6 Å². The van der Waals surface area contributed by atoms with E-state index < -0.39 is 0 Å². The Bertz CT molecular complexity index is 428. The molecular weight excluding hydrogens is 250 g/mol. The summed E-state index contributed by atoms with van der Waals surface area (Å²) >= 11 is 6.04. The first-order valence-corrected chi connectivity index (χ1v) is 6.75. The summed E-state index contributed by atoms with van der Waals surface area (Å²) in [7, 11) is 0. The van der Waals surface area contributed by atoms with E-state index in [1.54, 1.807) is 6.92 Å². The molecule has 0 aliphatic heterocycles. The van der Waals surface area contributed by atoms with Gasteiger partial charge in [-0.2, -0.15) is 0 Å². The molecule has 0 radical (unpaired) electrons. The number of ether oxygens (including phenoxy) is 1. The summed E-state index contributed by atoms with van der Waals surface area (Å²) in [4.78, 5) is 11.7. The lowest BCUT2D eigenvalue weighted by molar-refractivity contribution is 0.137. The zero-order chi connectivity index (χ0) is 13.0. The number of carbonyl (C=O) groups is 1. The standard InChI is InChI=1S/C14H18ClNO2/c1-2-18-13(17)16-14(8-3-4-9-14)11-6-5-7-12(15)10-11/h5-7,10H,2-4,8-9H2,1H3,(H,16,17). The van der Waals surface area contributed by atoms with E-state index in [-0.39, 0.29) is 11.6 Å². The molecular formula is C14H18ClNO2. The van der Waals surface area contributed by atoms with E-state index in [9.17, 15) is 4.79 Å². The lowest BCUT2D eigenvalue weighted by Gasteiger charge is -2.30. The number of carbonyl (C=O) groups excluding carboxylic acids is 1. The molecule has 0 atom stereocenters. The average Bonchev–Trinajstić information content (AvgIpc) is 2.79. The van der Waals surface area contributed by atoms with E-state index in [2.05, 4.69) is 5.32 Å². The van der Waals surface area contributed by atoms with Crippen molar-refractivity contribution >= 4 is 17.7 Å². The van der Waals surface area contributed by atoms with Crippen LogP contribution in [-0.4, -0.2) is 12.7 Å². The molecule has 3 nitrogen and oxygen atoms in total. The Kier molecular flexibility index (Phi) is 4.12. The SMILES string of the molecule is CCOC(=O)NC1(c2cccc(Cl)c2)CCCC1. The number of benzene rings is 1. The van der Waals surface area contributed by atoms with Crippen molar-refractivity contribution in [1.29, 1.82) is 0 Å². The molecule has 0 saturated heterocycles. The fourth-order valence-corrected chi connectivity index (χ4v) is 2.80. The number of nitrogens with one attached hydrogen (secondary N) is 1. The Morgan fingerprint density at radius 1 is 1.44 bits per heavy atom. The minimum Gasteiger partial charge on any atom is -0.450 e. The maximum atomic E-state index is 11.7. The zero-order valence-corrected chi connectivity index (χ0v) is 11.3. The summed E-state index contributed by atoms with van der Waals surface area (Å²) in [6, 6.07) is 7.71. The maximum Gasteiger partial charge on any atom is 0.407 e. The van der Waals surface area contributed by atoms with Crippen LogP contribution in [0, 0.1) is 0 Å². The number of hydrogen-bond acceptors (Lipinski definition) is 2. The van der Waals surface area contributed by atoms with Gasteiger partial charge in [-0.1, -0.05) is 36.6 Å². The first kappa shape index (κ1) is 13.2. The summed E-state index contributed by atoms with van der Waals surface area (Å²) in [6.07, 6.45) is 3.75. The molecule has 1 aromatic rings. The third-order valence-electron chi connectivity index (χ3n) is 3.45. The van der Waals surface area contributed by atoms with E-state index in [4.69, 9.17) is 16.3 Å². The van der Waals surface area contributed by atoms with Gasteiger partial charge in [-0.05, 0) is 37.5 Å². The van der Waals surface area contributed by atoms with Crippen LogP contribution in [0.4, 0.5) is 4.79 Å².